The molecule has 1 aliphatic rings. The number of carbonyl (C=O) groups excluding carboxylic acids is 1. The minimum Gasteiger partial charge on any atom is -0.491 e. The highest BCUT2D eigenvalue weighted by atomic mass is 32.2. The molecule has 2 rings (SSSR count). The minimum absolute atomic E-state index is 0.0184. The Morgan fingerprint density at radius 3 is 2.48 bits per heavy atom. The van der Waals surface area contributed by atoms with Gasteiger partial charge in [-0.1, -0.05) is 0 Å². The van der Waals surface area contributed by atoms with Crippen molar-refractivity contribution in [3.63, 3.8) is 0 Å². The lowest BCUT2D eigenvalue weighted by Crippen LogP contribution is -2.42. The standard InChI is InChI=1S/C15H22N2O3S.C2H2O4/c1-15(2,3)16-7-10(18)8-20-11-4-5-12-13(6-11)21-9-14(19)17-12;3-1(4)2(5)6/h4-6,10,16,18H,7-9H2,1-3H3,(H,17,19);(H,3,4)(H,5,6). The van der Waals surface area contributed by atoms with E-state index in [2.05, 4.69) is 31.4 Å². The van der Waals surface area contributed by atoms with E-state index in [0.717, 1.165) is 10.6 Å². The van der Waals surface area contributed by atoms with Gasteiger partial charge in [-0.05, 0) is 39.0 Å². The van der Waals surface area contributed by atoms with E-state index in [4.69, 9.17) is 24.5 Å². The predicted octanol–water partition coefficient (Wildman–Crippen LogP) is 1.01. The zero-order valence-corrected chi connectivity index (χ0v) is 16.1. The maximum Gasteiger partial charge on any atom is 0.414 e. The molecular weight excluding hydrogens is 376 g/mol. The molecule has 1 aromatic carbocycles. The van der Waals surface area contributed by atoms with Crippen LogP contribution >= 0.6 is 11.8 Å². The second kappa shape index (κ2) is 10.1. The molecule has 5 N–H and O–H groups in total. The Bertz CT molecular complexity index is 676. The maximum absolute atomic E-state index is 11.3. The fourth-order valence-electron chi connectivity index (χ4n) is 1.82. The fourth-order valence-corrected chi connectivity index (χ4v) is 2.65. The number of carboxylic acids is 2. The van der Waals surface area contributed by atoms with Crippen molar-refractivity contribution in [1.29, 1.82) is 0 Å². The molecule has 1 atom stereocenters. The van der Waals surface area contributed by atoms with Gasteiger partial charge in [0.1, 0.15) is 18.5 Å². The zero-order valence-electron chi connectivity index (χ0n) is 15.3. The first-order valence-electron chi connectivity index (χ1n) is 8.07. The van der Waals surface area contributed by atoms with Crippen molar-refractivity contribution in [1.82, 2.24) is 5.32 Å². The molecule has 0 saturated carbocycles. The second-order valence-electron chi connectivity index (χ2n) is 6.70. The third kappa shape index (κ3) is 9.27. The van der Waals surface area contributed by atoms with Crippen LogP contribution in [0.1, 0.15) is 20.8 Å². The molecule has 10 heteroatoms. The SMILES string of the molecule is CC(C)(C)NCC(O)COc1ccc2c(c1)SCC(=O)N2.O=C(O)C(=O)O. The normalized spacial score (nSPS) is 14.1. The number of carbonyl (C=O) groups is 3. The van der Waals surface area contributed by atoms with Crippen molar-refractivity contribution in [3.8, 4) is 5.75 Å². The van der Waals surface area contributed by atoms with E-state index in [0.29, 0.717) is 18.0 Å². The van der Waals surface area contributed by atoms with Gasteiger partial charge in [-0.15, -0.1) is 11.8 Å². The van der Waals surface area contributed by atoms with E-state index in [-0.39, 0.29) is 18.1 Å². The number of nitrogens with one attached hydrogen (secondary N) is 2. The first-order chi connectivity index (χ1) is 12.5. The molecule has 0 aromatic heterocycles. The van der Waals surface area contributed by atoms with Crippen LogP contribution < -0.4 is 15.4 Å². The van der Waals surface area contributed by atoms with Gasteiger partial charge in [-0.25, -0.2) is 9.59 Å². The molecule has 0 fully saturated rings. The molecule has 1 unspecified atom stereocenters. The van der Waals surface area contributed by atoms with Crippen LogP contribution in [0.15, 0.2) is 23.1 Å². The van der Waals surface area contributed by atoms with Crippen LogP contribution in [0.4, 0.5) is 5.69 Å². The van der Waals surface area contributed by atoms with Gasteiger partial charge in [0.15, 0.2) is 0 Å². The molecule has 0 aliphatic carbocycles. The maximum atomic E-state index is 11.3. The monoisotopic (exact) mass is 400 g/mol. The van der Waals surface area contributed by atoms with Gasteiger partial charge >= 0.3 is 11.9 Å². The fraction of sp³-hybridized carbons (Fsp3) is 0.471. The number of amides is 1. The van der Waals surface area contributed by atoms with Crippen molar-refractivity contribution in [2.45, 2.75) is 37.3 Å². The molecule has 1 aromatic rings. The van der Waals surface area contributed by atoms with E-state index in [1.54, 1.807) is 6.07 Å². The quantitative estimate of drug-likeness (QED) is 0.457. The summed E-state index contributed by atoms with van der Waals surface area (Å²) in [5.74, 6) is -2.50. The first kappa shape index (κ1) is 22.7. The van der Waals surface area contributed by atoms with E-state index in [1.165, 1.54) is 11.8 Å². The molecule has 27 heavy (non-hydrogen) atoms. The number of anilines is 1. The number of carboxylic acid groups (broad SMARTS) is 2. The summed E-state index contributed by atoms with van der Waals surface area (Å²) in [6, 6.07) is 5.52. The highest BCUT2D eigenvalue weighted by Crippen LogP contribution is 2.34. The molecule has 1 amide bonds. The van der Waals surface area contributed by atoms with Gasteiger partial charge < -0.3 is 30.7 Å². The average molecular weight is 400 g/mol. The molecule has 0 saturated heterocycles. The predicted molar refractivity (Wildman–Crippen MR) is 100 cm³/mol. The number of aliphatic hydroxyl groups is 1. The highest BCUT2D eigenvalue weighted by molar-refractivity contribution is 8.00. The minimum atomic E-state index is -1.82. The summed E-state index contributed by atoms with van der Waals surface area (Å²) in [4.78, 5) is 30.5. The Labute approximate surface area is 161 Å². The topological polar surface area (TPSA) is 145 Å². The van der Waals surface area contributed by atoms with Crippen LogP contribution in [0.2, 0.25) is 0 Å². The molecule has 150 valence electrons. The summed E-state index contributed by atoms with van der Waals surface area (Å²) in [5.41, 5.74) is 0.792. The molecule has 1 aliphatic heterocycles. The molecule has 0 spiro atoms. The first-order valence-corrected chi connectivity index (χ1v) is 9.05. The van der Waals surface area contributed by atoms with Crippen molar-refractivity contribution < 1.29 is 34.4 Å². The van der Waals surface area contributed by atoms with E-state index >= 15 is 0 Å². The summed E-state index contributed by atoms with van der Waals surface area (Å²) in [6.45, 7) is 6.87. The van der Waals surface area contributed by atoms with Crippen molar-refractivity contribution >= 4 is 35.3 Å². The summed E-state index contributed by atoms with van der Waals surface area (Å²) < 4.78 is 5.61. The van der Waals surface area contributed by atoms with Gasteiger partial charge in [0, 0.05) is 17.0 Å². The second-order valence-corrected chi connectivity index (χ2v) is 7.72. The average Bonchev–Trinajstić information content (AvgIpc) is 2.58. The van der Waals surface area contributed by atoms with Gasteiger partial charge in [0.2, 0.25) is 5.91 Å². The largest absolute Gasteiger partial charge is 0.491 e. The number of rotatable bonds is 5. The van der Waals surface area contributed by atoms with E-state index in [1.807, 2.05) is 12.1 Å². The van der Waals surface area contributed by atoms with E-state index < -0.39 is 18.0 Å². The number of ether oxygens (including phenoxy) is 1. The highest BCUT2D eigenvalue weighted by Gasteiger charge is 2.16. The third-order valence-electron chi connectivity index (χ3n) is 3.08. The number of aliphatic carboxylic acids is 2. The summed E-state index contributed by atoms with van der Waals surface area (Å²) in [5, 5.41) is 30.7. The Kier molecular flexibility index (Phi) is 8.54. The number of fused-ring (bicyclic) bond motifs is 1. The van der Waals surface area contributed by atoms with Gasteiger partial charge in [-0.3, -0.25) is 4.79 Å². The summed E-state index contributed by atoms with van der Waals surface area (Å²) in [6.07, 6.45) is -0.562. The Morgan fingerprint density at radius 2 is 1.93 bits per heavy atom. The lowest BCUT2D eigenvalue weighted by molar-refractivity contribution is -0.159. The van der Waals surface area contributed by atoms with Crippen molar-refractivity contribution in [3.05, 3.63) is 18.2 Å². The molecule has 0 radical (unpaired) electrons. The summed E-state index contributed by atoms with van der Waals surface area (Å²) in [7, 11) is 0. The lowest BCUT2D eigenvalue weighted by atomic mass is 10.1. The van der Waals surface area contributed by atoms with Crippen LogP contribution in [0, 0.1) is 0 Å². The number of β-amino-alcohol motifs (C(OH)–C–C–N with tert-alkyl or cyclic N) is 1. The number of hydrogen-bond acceptors (Lipinski definition) is 7. The van der Waals surface area contributed by atoms with Gasteiger partial charge in [0.25, 0.3) is 0 Å². The van der Waals surface area contributed by atoms with Crippen LogP contribution in [0.3, 0.4) is 0 Å². The van der Waals surface area contributed by atoms with Crippen molar-refractivity contribution in [2.75, 3.05) is 24.2 Å². The molecule has 1 heterocycles. The van der Waals surface area contributed by atoms with Crippen LogP contribution in [-0.2, 0) is 14.4 Å². The van der Waals surface area contributed by atoms with Crippen LogP contribution in [0.25, 0.3) is 0 Å². The smallest absolute Gasteiger partial charge is 0.414 e. The number of benzene rings is 1. The van der Waals surface area contributed by atoms with Gasteiger partial charge in [0.05, 0.1) is 11.4 Å². The Morgan fingerprint density at radius 1 is 1.30 bits per heavy atom. The number of aliphatic hydroxyl groups excluding tert-OH is 1. The van der Waals surface area contributed by atoms with E-state index in [9.17, 15) is 9.90 Å². The Hall–Kier alpha value is -2.30. The molecule has 9 nitrogen and oxygen atoms in total. The molecular formula is C17H24N2O7S. The zero-order chi connectivity index (χ0) is 20.6. The lowest BCUT2D eigenvalue weighted by Gasteiger charge is -2.23. The third-order valence-corrected chi connectivity index (χ3v) is 4.13. The number of hydrogen-bond donors (Lipinski definition) is 5. The number of thioether (sulfide) groups is 1. The van der Waals surface area contributed by atoms with Crippen LogP contribution in [0.5, 0.6) is 5.75 Å². The van der Waals surface area contributed by atoms with Gasteiger partial charge in [-0.2, -0.15) is 0 Å². The van der Waals surface area contributed by atoms with Crippen molar-refractivity contribution in [2.24, 2.45) is 0 Å². The summed E-state index contributed by atoms with van der Waals surface area (Å²) >= 11 is 1.49. The Balaban J connectivity index is 0.000000527. The van der Waals surface area contributed by atoms with Crippen LogP contribution in [-0.4, -0.2) is 63.7 Å². The molecule has 0 bridgehead atoms.